The lowest BCUT2D eigenvalue weighted by Gasteiger charge is -2.20. The Bertz CT molecular complexity index is 419. The number of halogens is 1. The van der Waals surface area contributed by atoms with Gasteiger partial charge in [-0.3, -0.25) is 0 Å². The minimum Gasteiger partial charge on any atom is -0.496 e. The molecule has 0 bridgehead atoms. The average Bonchev–Trinajstić information content (AvgIpc) is 2.92. The summed E-state index contributed by atoms with van der Waals surface area (Å²) in [6.45, 7) is 7.86. The molecular weight excluding hydrogens is 272 g/mol. The Morgan fingerprint density at radius 2 is 2.10 bits per heavy atom. The van der Waals surface area contributed by atoms with Crippen molar-refractivity contribution in [1.29, 1.82) is 0 Å². The van der Waals surface area contributed by atoms with Crippen LogP contribution in [0.25, 0.3) is 0 Å². The van der Waals surface area contributed by atoms with E-state index in [1.807, 2.05) is 18.2 Å². The van der Waals surface area contributed by atoms with Gasteiger partial charge < -0.3 is 15.0 Å². The predicted molar refractivity (Wildman–Crippen MR) is 84.5 cm³/mol. The Morgan fingerprint density at radius 1 is 1.35 bits per heavy atom. The minimum absolute atomic E-state index is 0.665. The zero-order valence-electron chi connectivity index (χ0n) is 12.5. The van der Waals surface area contributed by atoms with Crippen LogP contribution in [0.1, 0.15) is 25.3 Å². The van der Waals surface area contributed by atoms with E-state index in [-0.39, 0.29) is 0 Å². The molecule has 4 heteroatoms. The molecule has 2 rings (SSSR count). The number of methoxy groups -OCH3 is 1. The maximum atomic E-state index is 6.04. The first-order chi connectivity index (χ1) is 9.69. The lowest BCUT2D eigenvalue weighted by Crippen LogP contribution is -2.31. The van der Waals surface area contributed by atoms with Crippen LogP contribution in [0.3, 0.4) is 0 Å². The van der Waals surface area contributed by atoms with Crippen molar-refractivity contribution in [2.45, 2.75) is 26.3 Å². The molecule has 1 aliphatic heterocycles. The number of benzene rings is 1. The van der Waals surface area contributed by atoms with Crippen molar-refractivity contribution in [2.75, 3.05) is 33.3 Å². The summed E-state index contributed by atoms with van der Waals surface area (Å²) in [5.41, 5.74) is 1.12. The van der Waals surface area contributed by atoms with E-state index in [4.69, 9.17) is 16.3 Å². The normalized spacial score (nSPS) is 17.4. The van der Waals surface area contributed by atoms with Crippen LogP contribution in [0, 0.1) is 5.92 Å². The van der Waals surface area contributed by atoms with E-state index < -0.39 is 0 Å². The Balaban J connectivity index is 1.75. The van der Waals surface area contributed by atoms with Crippen molar-refractivity contribution in [2.24, 2.45) is 5.92 Å². The van der Waals surface area contributed by atoms with Crippen LogP contribution in [-0.4, -0.2) is 38.2 Å². The maximum Gasteiger partial charge on any atom is 0.123 e. The van der Waals surface area contributed by atoms with Crippen LogP contribution in [0.4, 0.5) is 0 Å². The molecule has 112 valence electrons. The van der Waals surface area contributed by atoms with Gasteiger partial charge in [-0.25, -0.2) is 0 Å². The molecule has 0 saturated carbocycles. The van der Waals surface area contributed by atoms with E-state index in [1.165, 1.54) is 32.5 Å². The zero-order chi connectivity index (χ0) is 14.4. The third kappa shape index (κ3) is 4.65. The molecular formula is C16H25ClN2O. The molecule has 1 aromatic rings. The highest BCUT2D eigenvalue weighted by molar-refractivity contribution is 6.30. The van der Waals surface area contributed by atoms with Gasteiger partial charge >= 0.3 is 0 Å². The Morgan fingerprint density at radius 3 is 2.80 bits per heavy atom. The van der Waals surface area contributed by atoms with Gasteiger partial charge in [0.05, 0.1) is 7.11 Å². The molecule has 0 spiro atoms. The topological polar surface area (TPSA) is 24.5 Å². The molecule has 1 heterocycles. The second-order valence-corrected chi connectivity index (χ2v) is 6.14. The van der Waals surface area contributed by atoms with Crippen LogP contribution in [0.15, 0.2) is 18.2 Å². The summed E-state index contributed by atoms with van der Waals surface area (Å²) in [6.07, 6.45) is 2.72. The lowest BCUT2D eigenvalue weighted by atomic mass is 10.1. The Hall–Kier alpha value is -0.770. The number of likely N-dealkylation sites (tertiary alicyclic amines) is 1. The van der Waals surface area contributed by atoms with E-state index >= 15 is 0 Å². The van der Waals surface area contributed by atoms with Crippen molar-refractivity contribution in [3.63, 3.8) is 0 Å². The van der Waals surface area contributed by atoms with Crippen molar-refractivity contribution in [3.8, 4) is 5.75 Å². The van der Waals surface area contributed by atoms with Gasteiger partial charge in [-0.15, -0.1) is 0 Å². The molecule has 1 aromatic carbocycles. The molecule has 0 aliphatic carbocycles. The van der Waals surface area contributed by atoms with Gasteiger partial charge in [0.2, 0.25) is 0 Å². The van der Waals surface area contributed by atoms with Crippen LogP contribution >= 0.6 is 11.6 Å². The highest BCUT2D eigenvalue weighted by atomic mass is 35.5. The number of nitrogens with one attached hydrogen (secondary N) is 1. The van der Waals surface area contributed by atoms with Crippen LogP contribution in [0.5, 0.6) is 5.75 Å². The smallest absolute Gasteiger partial charge is 0.123 e. The first-order valence-corrected chi connectivity index (χ1v) is 7.82. The molecule has 1 unspecified atom stereocenters. The second-order valence-electron chi connectivity index (χ2n) is 5.70. The second kappa shape index (κ2) is 7.87. The van der Waals surface area contributed by atoms with Crippen molar-refractivity contribution in [3.05, 3.63) is 28.8 Å². The largest absolute Gasteiger partial charge is 0.496 e. The van der Waals surface area contributed by atoms with Gasteiger partial charge in [0.1, 0.15) is 5.75 Å². The van der Waals surface area contributed by atoms with Gasteiger partial charge in [-0.1, -0.05) is 18.5 Å². The first-order valence-electron chi connectivity index (χ1n) is 7.44. The number of hydrogen-bond acceptors (Lipinski definition) is 3. The van der Waals surface area contributed by atoms with Crippen molar-refractivity contribution < 1.29 is 4.74 Å². The fraction of sp³-hybridized carbons (Fsp3) is 0.625. The van der Waals surface area contributed by atoms with Gasteiger partial charge in [-0.05, 0) is 56.6 Å². The number of ether oxygens (including phenoxy) is 1. The number of hydrogen-bond donors (Lipinski definition) is 1. The van der Waals surface area contributed by atoms with E-state index in [0.717, 1.165) is 29.4 Å². The predicted octanol–water partition coefficient (Wildman–Crippen LogP) is 3.17. The van der Waals surface area contributed by atoms with E-state index in [2.05, 4.69) is 17.1 Å². The number of nitrogens with zero attached hydrogens (tertiary/aromatic N) is 1. The molecule has 1 aliphatic rings. The average molecular weight is 297 g/mol. The zero-order valence-corrected chi connectivity index (χ0v) is 13.2. The van der Waals surface area contributed by atoms with Crippen LogP contribution < -0.4 is 10.1 Å². The Labute approximate surface area is 127 Å². The molecule has 1 atom stereocenters. The van der Waals surface area contributed by atoms with E-state index in [1.54, 1.807) is 7.11 Å². The molecule has 1 fully saturated rings. The SMILES string of the molecule is COc1ccc(Cl)cc1CNCC(C)CN1CCCC1. The molecule has 20 heavy (non-hydrogen) atoms. The van der Waals surface area contributed by atoms with Crippen LogP contribution in [0.2, 0.25) is 5.02 Å². The molecule has 3 nitrogen and oxygen atoms in total. The molecule has 0 amide bonds. The molecule has 0 radical (unpaired) electrons. The van der Waals surface area contributed by atoms with Crippen LogP contribution in [-0.2, 0) is 6.54 Å². The van der Waals surface area contributed by atoms with E-state index in [0.29, 0.717) is 5.92 Å². The van der Waals surface area contributed by atoms with Crippen molar-refractivity contribution >= 4 is 11.6 Å². The lowest BCUT2D eigenvalue weighted by molar-refractivity contribution is 0.282. The maximum absolute atomic E-state index is 6.04. The Kier molecular flexibility index (Phi) is 6.14. The summed E-state index contributed by atoms with van der Waals surface area (Å²) >= 11 is 6.04. The summed E-state index contributed by atoms with van der Waals surface area (Å²) in [7, 11) is 1.70. The summed E-state index contributed by atoms with van der Waals surface area (Å²) < 4.78 is 5.36. The van der Waals surface area contributed by atoms with Gasteiger partial charge in [0.15, 0.2) is 0 Å². The first kappa shape index (κ1) is 15.6. The van der Waals surface area contributed by atoms with Crippen molar-refractivity contribution in [1.82, 2.24) is 10.2 Å². The van der Waals surface area contributed by atoms with E-state index in [9.17, 15) is 0 Å². The highest BCUT2D eigenvalue weighted by Gasteiger charge is 2.14. The van der Waals surface area contributed by atoms with Gasteiger partial charge in [-0.2, -0.15) is 0 Å². The monoisotopic (exact) mass is 296 g/mol. The highest BCUT2D eigenvalue weighted by Crippen LogP contribution is 2.22. The molecule has 1 saturated heterocycles. The molecule has 1 N–H and O–H groups in total. The van der Waals surface area contributed by atoms with Gasteiger partial charge in [0.25, 0.3) is 0 Å². The summed E-state index contributed by atoms with van der Waals surface area (Å²) in [4.78, 5) is 2.56. The van der Waals surface area contributed by atoms with Gasteiger partial charge in [0, 0.05) is 23.7 Å². The fourth-order valence-corrected chi connectivity index (χ4v) is 3.00. The third-order valence-corrected chi connectivity index (χ3v) is 4.05. The summed E-state index contributed by atoms with van der Waals surface area (Å²) in [5, 5.41) is 4.27. The summed E-state index contributed by atoms with van der Waals surface area (Å²) in [5.74, 6) is 1.56. The quantitative estimate of drug-likeness (QED) is 0.836. The minimum atomic E-state index is 0.665. The summed E-state index contributed by atoms with van der Waals surface area (Å²) in [6, 6.07) is 5.76. The standard InChI is InChI=1S/C16H25ClN2O/c1-13(12-19-7-3-4-8-19)10-18-11-14-9-15(17)5-6-16(14)20-2/h5-6,9,13,18H,3-4,7-8,10-12H2,1-2H3. The third-order valence-electron chi connectivity index (χ3n) is 3.82. The molecule has 0 aromatic heterocycles. The number of rotatable bonds is 7. The fourth-order valence-electron chi connectivity index (χ4n) is 2.81.